The van der Waals surface area contributed by atoms with E-state index in [1.54, 1.807) is 12.1 Å². The van der Waals surface area contributed by atoms with Crippen molar-refractivity contribution in [2.75, 3.05) is 0 Å². The molecule has 0 saturated carbocycles. The van der Waals surface area contributed by atoms with E-state index >= 15 is 0 Å². The van der Waals surface area contributed by atoms with E-state index in [1.807, 2.05) is 32.0 Å². The first-order valence-electron chi connectivity index (χ1n) is 5.13. The Morgan fingerprint density at radius 2 is 1.60 bits per heavy atom. The van der Waals surface area contributed by atoms with Crippen LogP contribution in [0, 0.1) is 11.8 Å². The van der Waals surface area contributed by atoms with Crippen molar-refractivity contribution < 1.29 is 9.59 Å². The molecule has 2 heteroatoms. The molecule has 0 spiro atoms. The lowest BCUT2D eigenvalue weighted by Gasteiger charge is -2.16. The number of carbonyl (C=O) groups is 2. The zero-order valence-electron chi connectivity index (χ0n) is 9.36. The number of hydrogen-bond donors (Lipinski definition) is 0. The van der Waals surface area contributed by atoms with Crippen LogP contribution in [0.1, 0.15) is 31.1 Å². The van der Waals surface area contributed by atoms with Gasteiger partial charge in [-0.2, -0.15) is 0 Å². The lowest BCUT2D eigenvalue weighted by Crippen LogP contribution is -2.27. The van der Waals surface area contributed by atoms with Crippen molar-refractivity contribution >= 4 is 11.6 Å². The molecule has 1 rings (SSSR count). The van der Waals surface area contributed by atoms with Gasteiger partial charge < -0.3 is 0 Å². The van der Waals surface area contributed by atoms with Gasteiger partial charge in [0.25, 0.3) is 0 Å². The topological polar surface area (TPSA) is 34.1 Å². The molecule has 0 fully saturated rings. The van der Waals surface area contributed by atoms with E-state index in [0.717, 1.165) is 0 Å². The van der Waals surface area contributed by atoms with Crippen LogP contribution < -0.4 is 0 Å². The highest BCUT2D eigenvalue weighted by molar-refractivity contribution is 6.10. The van der Waals surface area contributed by atoms with Gasteiger partial charge in [0.1, 0.15) is 5.78 Å². The number of carbonyl (C=O) groups excluding carboxylic acids is 2. The second-order valence-electron chi connectivity index (χ2n) is 4.06. The van der Waals surface area contributed by atoms with Gasteiger partial charge in [-0.25, -0.2) is 0 Å². The average molecular weight is 204 g/mol. The minimum absolute atomic E-state index is 0.0511. The Labute approximate surface area is 90.3 Å². The molecule has 1 unspecified atom stereocenters. The zero-order valence-corrected chi connectivity index (χ0v) is 9.36. The summed E-state index contributed by atoms with van der Waals surface area (Å²) in [5.74, 6) is -0.584. The molecular formula is C13H16O2. The maximum Gasteiger partial charge on any atom is 0.173 e. The number of rotatable bonds is 4. The molecule has 1 aromatic rings. The van der Waals surface area contributed by atoms with E-state index in [2.05, 4.69) is 0 Å². The second-order valence-corrected chi connectivity index (χ2v) is 4.06. The summed E-state index contributed by atoms with van der Waals surface area (Å²) in [4.78, 5) is 23.4. The van der Waals surface area contributed by atoms with Crippen molar-refractivity contribution in [3.63, 3.8) is 0 Å². The second kappa shape index (κ2) is 4.87. The fourth-order valence-electron chi connectivity index (χ4n) is 1.74. The Hall–Kier alpha value is -1.44. The van der Waals surface area contributed by atoms with Crippen molar-refractivity contribution in [1.82, 2.24) is 0 Å². The maximum absolute atomic E-state index is 12.0. The summed E-state index contributed by atoms with van der Waals surface area (Å²) in [7, 11) is 0. The molecule has 0 bridgehead atoms. The van der Waals surface area contributed by atoms with E-state index in [4.69, 9.17) is 0 Å². The SMILES string of the molecule is CC(=O)C(C(=O)c1ccccc1)C(C)C. The third kappa shape index (κ3) is 2.75. The van der Waals surface area contributed by atoms with Crippen molar-refractivity contribution in [1.29, 1.82) is 0 Å². The Morgan fingerprint density at radius 1 is 1.07 bits per heavy atom. The van der Waals surface area contributed by atoms with Gasteiger partial charge in [0.15, 0.2) is 5.78 Å². The highest BCUT2D eigenvalue weighted by Gasteiger charge is 2.27. The summed E-state index contributed by atoms with van der Waals surface area (Å²) < 4.78 is 0. The first-order valence-corrected chi connectivity index (χ1v) is 5.13. The molecule has 0 aromatic heterocycles. The summed E-state index contributed by atoms with van der Waals surface area (Å²) in [6.45, 7) is 5.27. The van der Waals surface area contributed by atoms with Crippen LogP contribution in [0.25, 0.3) is 0 Å². The third-order valence-corrected chi connectivity index (χ3v) is 2.45. The molecule has 0 aliphatic heterocycles. The van der Waals surface area contributed by atoms with Gasteiger partial charge in [-0.1, -0.05) is 44.2 Å². The molecular weight excluding hydrogens is 188 g/mol. The molecule has 15 heavy (non-hydrogen) atoms. The fraction of sp³-hybridized carbons (Fsp3) is 0.385. The van der Waals surface area contributed by atoms with E-state index in [9.17, 15) is 9.59 Å². The van der Waals surface area contributed by atoms with Gasteiger partial charge in [-0.15, -0.1) is 0 Å². The average Bonchev–Trinajstić information content (AvgIpc) is 2.18. The van der Waals surface area contributed by atoms with Crippen molar-refractivity contribution in [3.05, 3.63) is 35.9 Å². The van der Waals surface area contributed by atoms with E-state index in [0.29, 0.717) is 5.56 Å². The highest BCUT2D eigenvalue weighted by atomic mass is 16.1. The lowest BCUT2D eigenvalue weighted by atomic mass is 9.85. The molecule has 80 valence electrons. The van der Waals surface area contributed by atoms with Gasteiger partial charge in [-0.05, 0) is 12.8 Å². The van der Waals surface area contributed by atoms with Gasteiger partial charge in [0.2, 0.25) is 0 Å². The number of benzene rings is 1. The van der Waals surface area contributed by atoms with Crippen LogP contribution in [0.2, 0.25) is 0 Å². The van der Waals surface area contributed by atoms with Crippen LogP contribution in [0.4, 0.5) is 0 Å². The Bertz CT molecular complexity index is 352. The van der Waals surface area contributed by atoms with Crippen LogP contribution in [0.3, 0.4) is 0 Å². The molecule has 0 radical (unpaired) electrons. The standard InChI is InChI=1S/C13H16O2/c1-9(2)12(10(3)14)13(15)11-7-5-4-6-8-11/h4-9,12H,1-3H3. The predicted octanol–water partition coefficient (Wildman–Crippen LogP) is 2.73. The smallest absolute Gasteiger partial charge is 0.173 e. The summed E-state index contributed by atoms with van der Waals surface area (Å²) in [6, 6.07) is 8.98. The van der Waals surface area contributed by atoms with E-state index in [-0.39, 0.29) is 17.5 Å². The van der Waals surface area contributed by atoms with E-state index in [1.165, 1.54) is 6.92 Å². The quantitative estimate of drug-likeness (QED) is 0.558. The molecule has 0 aliphatic carbocycles. The highest BCUT2D eigenvalue weighted by Crippen LogP contribution is 2.18. The van der Waals surface area contributed by atoms with Crippen LogP contribution >= 0.6 is 0 Å². The van der Waals surface area contributed by atoms with Crippen LogP contribution in [-0.2, 0) is 4.79 Å². The third-order valence-electron chi connectivity index (χ3n) is 2.45. The Morgan fingerprint density at radius 3 is 2.00 bits per heavy atom. The molecule has 0 saturated heterocycles. The molecule has 0 amide bonds. The molecule has 1 aromatic carbocycles. The predicted molar refractivity (Wildman–Crippen MR) is 59.8 cm³/mol. The maximum atomic E-state index is 12.0. The van der Waals surface area contributed by atoms with Crippen LogP contribution in [0.15, 0.2) is 30.3 Å². The number of hydrogen-bond acceptors (Lipinski definition) is 2. The van der Waals surface area contributed by atoms with E-state index < -0.39 is 5.92 Å². The van der Waals surface area contributed by atoms with Gasteiger partial charge in [0.05, 0.1) is 5.92 Å². The first kappa shape index (κ1) is 11.6. The van der Waals surface area contributed by atoms with Gasteiger partial charge >= 0.3 is 0 Å². The molecule has 0 heterocycles. The zero-order chi connectivity index (χ0) is 11.4. The van der Waals surface area contributed by atoms with Crippen LogP contribution in [0.5, 0.6) is 0 Å². The molecule has 0 aliphatic rings. The molecule has 1 atom stereocenters. The Balaban J connectivity index is 2.97. The summed E-state index contributed by atoms with van der Waals surface area (Å²) in [5, 5.41) is 0. The first-order chi connectivity index (χ1) is 7.04. The lowest BCUT2D eigenvalue weighted by molar-refractivity contribution is -0.120. The summed E-state index contributed by atoms with van der Waals surface area (Å²) in [6.07, 6.45) is 0. The van der Waals surface area contributed by atoms with Gasteiger partial charge in [0, 0.05) is 5.56 Å². The van der Waals surface area contributed by atoms with Gasteiger partial charge in [-0.3, -0.25) is 9.59 Å². The Kier molecular flexibility index (Phi) is 3.78. The largest absolute Gasteiger partial charge is 0.299 e. The summed E-state index contributed by atoms with van der Waals surface area (Å²) in [5.41, 5.74) is 0.617. The number of ketones is 2. The summed E-state index contributed by atoms with van der Waals surface area (Å²) >= 11 is 0. The number of Topliss-reactive ketones (excluding diaryl/α,β-unsaturated/α-hetero) is 2. The minimum atomic E-state index is -0.507. The fourth-order valence-corrected chi connectivity index (χ4v) is 1.74. The monoisotopic (exact) mass is 204 g/mol. The molecule has 0 N–H and O–H groups in total. The minimum Gasteiger partial charge on any atom is -0.299 e. The van der Waals surface area contributed by atoms with Crippen molar-refractivity contribution in [2.24, 2.45) is 11.8 Å². The van der Waals surface area contributed by atoms with Crippen molar-refractivity contribution in [3.8, 4) is 0 Å². The normalized spacial score (nSPS) is 12.5. The van der Waals surface area contributed by atoms with Crippen LogP contribution in [-0.4, -0.2) is 11.6 Å². The molecule has 2 nitrogen and oxygen atoms in total. The van der Waals surface area contributed by atoms with Crippen molar-refractivity contribution in [2.45, 2.75) is 20.8 Å².